The van der Waals surface area contributed by atoms with Gasteiger partial charge in [0, 0.05) is 38.3 Å². The molecule has 168 valence electrons. The van der Waals surface area contributed by atoms with Crippen LogP contribution < -0.4 is 0 Å². The van der Waals surface area contributed by atoms with E-state index in [1.54, 1.807) is 35.2 Å². The predicted octanol–water partition coefficient (Wildman–Crippen LogP) is 2.59. The van der Waals surface area contributed by atoms with Crippen molar-refractivity contribution in [2.24, 2.45) is 0 Å². The van der Waals surface area contributed by atoms with Crippen molar-refractivity contribution in [1.29, 1.82) is 0 Å². The summed E-state index contributed by atoms with van der Waals surface area (Å²) in [6.07, 6.45) is 0. The van der Waals surface area contributed by atoms with E-state index in [0.29, 0.717) is 24.8 Å². The highest BCUT2D eigenvalue weighted by Gasteiger charge is 2.30. The first-order valence-corrected chi connectivity index (χ1v) is 12.9. The standard InChI is InChI=1S/C22H25N5O3S2/c1-2-27-21(18-9-5-3-6-10-18)23-24-22(27)31-17-20(28)25-13-15-26(16-14-25)32(29,30)19-11-7-4-8-12-19/h3-12H,2,13-17H2,1H3. The molecule has 3 aromatic rings. The maximum Gasteiger partial charge on any atom is 0.243 e. The van der Waals surface area contributed by atoms with Crippen molar-refractivity contribution in [1.82, 2.24) is 24.0 Å². The quantitative estimate of drug-likeness (QED) is 0.492. The van der Waals surface area contributed by atoms with Gasteiger partial charge in [0.1, 0.15) is 0 Å². The van der Waals surface area contributed by atoms with E-state index in [1.807, 2.05) is 41.8 Å². The van der Waals surface area contributed by atoms with E-state index >= 15 is 0 Å². The van der Waals surface area contributed by atoms with Gasteiger partial charge in [0.15, 0.2) is 11.0 Å². The van der Waals surface area contributed by atoms with E-state index < -0.39 is 10.0 Å². The van der Waals surface area contributed by atoms with Crippen LogP contribution in [0.5, 0.6) is 0 Å². The SMILES string of the molecule is CCn1c(SCC(=O)N2CCN(S(=O)(=O)c3ccccc3)CC2)nnc1-c1ccccc1. The number of hydrogen-bond acceptors (Lipinski definition) is 6. The van der Waals surface area contributed by atoms with E-state index in [9.17, 15) is 13.2 Å². The Hall–Kier alpha value is -2.69. The van der Waals surface area contributed by atoms with Crippen LogP contribution in [0.4, 0.5) is 0 Å². The third kappa shape index (κ3) is 4.72. The van der Waals surface area contributed by atoms with E-state index in [0.717, 1.165) is 11.4 Å². The van der Waals surface area contributed by atoms with Gasteiger partial charge in [-0.1, -0.05) is 60.3 Å². The van der Waals surface area contributed by atoms with Crippen molar-refractivity contribution in [2.45, 2.75) is 23.5 Å². The second kappa shape index (κ2) is 9.85. The van der Waals surface area contributed by atoms with E-state index in [1.165, 1.54) is 16.1 Å². The van der Waals surface area contributed by atoms with Gasteiger partial charge in [0.2, 0.25) is 15.9 Å². The second-order valence-electron chi connectivity index (χ2n) is 7.30. The first-order chi connectivity index (χ1) is 15.5. The third-order valence-corrected chi connectivity index (χ3v) is 8.23. The molecule has 1 aliphatic heterocycles. The number of nitrogens with zero attached hydrogens (tertiary/aromatic N) is 5. The molecule has 32 heavy (non-hydrogen) atoms. The average Bonchev–Trinajstić information content (AvgIpc) is 3.26. The zero-order valence-corrected chi connectivity index (χ0v) is 19.4. The summed E-state index contributed by atoms with van der Waals surface area (Å²) in [5.74, 6) is 0.986. The van der Waals surface area contributed by atoms with Crippen LogP contribution in [-0.2, 0) is 21.4 Å². The highest BCUT2D eigenvalue weighted by molar-refractivity contribution is 7.99. The molecule has 4 rings (SSSR count). The van der Waals surface area contributed by atoms with Crippen molar-refractivity contribution < 1.29 is 13.2 Å². The summed E-state index contributed by atoms with van der Waals surface area (Å²) in [5.41, 5.74) is 0.982. The molecule has 8 nitrogen and oxygen atoms in total. The second-order valence-corrected chi connectivity index (χ2v) is 10.2. The molecular formula is C22H25N5O3S2. The lowest BCUT2D eigenvalue weighted by atomic mass is 10.2. The molecular weight excluding hydrogens is 446 g/mol. The number of aromatic nitrogens is 3. The molecule has 1 fully saturated rings. The largest absolute Gasteiger partial charge is 0.339 e. The minimum absolute atomic E-state index is 0.0290. The van der Waals surface area contributed by atoms with Gasteiger partial charge in [-0.15, -0.1) is 10.2 Å². The number of sulfonamides is 1. The van der Waals surface area contributed by atoms with Gasteiger partial charge in [0.25, 0.3) is 0 Å². The summed E-state index contributed by atoms with van der Waals surface area (Å²) in [6.45, 7) is 4.05. The maximum absolute atomic E-state index is 12.8. The lowest BCUT2D eigenvalue weighted by molar-refractivity contribution is -0.129. The molecule has 0 saturated carbocycles. The zero-order valence-electron chi connectivity index (χ0n) is 17.8. The van der Waals surface area contributed by atoms with Gasteiger partial charge in [0.05, 0.1) is 10.6 Å². The Morgan fingerprint density at radius 1 is 0.938 bits per heavy atom. The summed E-state index contributed by atoms with van der Waals surface area (Å²) in [6, 6.07) is 18.2. The lowest BCUT2D eigenvalue weighted by Gasteiger charge is -2.34. The fraction of sp³-hybridized carbons (Fsp3) is 0.318. The Morgan fingerprint density at radius 3 is 2.19 bits per heavy atom. The van der Waals surface area contributed by atoms with Crippen molar-refractivity contribution in [3.8, 4) is 11.4 Å². The molecule has 0 atom stereocenters. The normalized spacial score (nSPS) is 15.1. The van der Waals surface area contributed by atoms with Crippen LogP contribution in [0.3, 0.4) is 0 Å². The Bertz CT molecular complexity index is 1160. The number of amides is 1. The molecule has 0 radical (unpaired) electrons. The minimum Gasteiger partial charge on any atom is -0.339 e. The number of rotatable bonds is 7. The fourth-order valence-corrected chi connectivity index (χ4v) is 5.97. The highest BCUT2D eigenvalue weighted by Crippen LogP contribution is 2.24. The minimum atomic E-state index is -3.53. The van der Waals surface area contributed by atoms with Crippen molar-refractivity contribution in [2.75, 3.05) is 31.9 Å². The molecule has 1 amide bonds. The first kappa shape index (κ1) is 22.5. The van der Waals surface area contributed by atoms with E-state index in [4.69, 9.17) is 0 Å². The first-order valence-electron chi connectivity index (χ1n) is 10.4. The average molecular weight is 472 g/mol. The topological polar surface area (TPSA) is 88.4 Å². The molecule has 0 aliphatic carbocycles. The summed E-state index contributed by atoms with van der Waals surface area (Å²) in [4.78, 5) is 14.8. The number of piperazine rings is 1. The summed E-state index contributed by atoms with van der Waals surface area (Å²) >= 11 is 1.36. The maximum atomic E-state index is 12.8. The summed E-state index contributed by atoms with van der Waals surface area (Å²) in [7, 11) is -3.53. The molecule has 0 N–H and O–H groups in total. The third-order valence-electron chi connectivity index (χ3n) is 5.36. The van der Waals surface area contributed by atoms with Crippen LogP contribution in [0.1, 0.15) is 6.92 Å². The van der Waals surface area contributed by atoms with Gasteiger partial charge in [-0.2, -0.15) is 4.31 Å². The van der Waals surface area contributed by atoms with Gasteiger partial charge in [-0.05, 0) is 19.1 Å². The van der Waals surface area contributed by atoms with E-state index in [2.05, 4.69) is 10.2 Å². The monoisotopic (exact) mass is 471 g/mol. The number of carbonyl (C=O) groups is 1. The molecule has 1 saturated heterocycles. The van der Waals surface area contributed by atoms with Crippen LogP contribution in [0.2, 0.25) is 0 Å². The predicted molar refractivity (Wildman–Crippen MR) is 124 cm³/mol. The van der Waals surface area contributed by atoms with Crippen LogP contribution in [-0.4, -0.2) is 70.2 Å². The van der Waals surface area contributed by atoms with E-state index in [-0.39, 0.29) is 29.6 Å². The molecule has 2 heterocycles. The van der Waals surface area contributed by atoms with Crippen LogP contribution >= 0.6 is 11.8 Å². The fourth-order valence-electron chi connectivity index (χ4n) is 3.62. The molecule has 2 aromatic carbocycles. The smallest absolute Gasteiger partial charge is 0.243 e. The number of thioether (sulfide) groups is 1. The highest BCUT2D eigenvalue weighted by atomic mass is 32.2. The molecule has 0 unspecified atom stereocenters. The Kier molecular flexibility index (Phi) is 6.92. The Labute approximate surface area is 192 Å². The summed E-state index contributed by atoms with van der Waals surface area (Å²) in [5, 5.41) is 9.28. The molecule has 10 heteroatoms. The zero-order chi connectivity index (χ0) is 22.6. The van der Waals surface area contributed by atoms with Gasteiger partial charge >= 0.3 is 0 Å². The van der Waals surface area contributed by atoms with Crippen molar-refractivity contribution in [3.05, 3.63) is 60.7 Å². The molecule has 1 aliphatic rings. The van der Waals surface area contributed by atoms with Crippen molar-refractivity contribution >= 4 is 27.7 Å². The van der Waals surface area contributed by atoms with Crippen LogP contribution in [0.25, 0.3) is 11.4 Å². The van der Waals surface area contributed by atoms with Crippen molar-refractivity contribution in [3.63, 3.8) is 0 Å². The Balaban J connectivity index is 1.35. The number of benzene rings is 2. The van der Waals surface area contributed by atoms with Gasteiger partial charge in [-0.25, -0.2) is 8.42 Å². The lowest BCUT2D eigenvalue weighted by Crippen LogP contribution is -2.50. The molecule has 0 bridgehead atoms. The number of hydrogen-bond donors (Lipinski definition) is 0. The molecule has 0 spiro atoms. The van der Waals surface area contributed by atoms with Gasteiger partial charge < -0.3 is 9.47 Å². The number of carbonyl (C=O) groups excluding carboxylic acids is 1. The van der Waals surface area contributed by atoms with Gasteiger partial charge in [-0.3, -0.25) is 4.79 Å². The van der Waals surface area contributed by atoms with Crippen LogP contribution in [0.15, 0.2) is 70.7 Å². The Morgan fingerprint density at radius 2 is 1.56 bits per heavy atom. The summed E-state index contributed by atoms with van der Waals surface area (Å²) < 4.78 is 29.0. The molecule has 1 aromatic heterocycles. The van der Waals surface area contributed by atoms with Crippen LogP contribution in [0, 0.1) is 0 Å².